The molecule has 0 bridgehead atoms. The number of benzene rings is 1. The fourth-order valence-corrected chi connectivity index (χ4v) is 2.31. The second-order valence-electron chi connectivity index (χ2n) is 4.61. The first-order valence-corrected chi connectivity index (χ1v) is 6.12. The van der Waals surface area contributed by atoms with E-state index in [1.807, 2.05) is 31.0 Å². The monoisotopic (exact) mass is 254 g/mol. The third-order valence-electron chi connectivity index (χ3n) is 3.28. The Hall–Kier alpha value is -2.55. The highest BCUT2D eigenvalue weighted by Gasteiger charge is 2.14. The predicted octanol–water partition coefficient (Wildman–Crippen LogP) is 1.72. The maximum Gasteiger partial charge on any atom is 0.211 e. The van der Waals surface area contributed by atoms with Crippen LogP contribution in [0.15, 0.2) is 11.1 Å². The number of hydrazine groups is 1. The number of anilines is 1. The van der Waals surface area contributed by atoms with Gasteiger partial charge in [0.2, 0.25) is 5.82 Å². The standard InChI is InChI=1S/C13H14N6/c1-8-5-10-13(17-11(6-14)16-10)9(2)12(8)18-19-4-3-15-7-19/h5,7,18H,3-4H2,1-2H3,(H,16,17). The van der Waals surface area contributed by atoms with Crippen LogP contribution in [0.25, 0.3) is 11.0 Å². The van der Waals surface area contributed by atoms with Gasteiger partial charge >= 0.3 is 0 Å². The number of nitrogens with one attached hydrogen (secondary N) is 2. The van der Waals surface area contributed by atoms with Gasteiger partial charge in [-0.05, 0) is 31.0 Å². The van der Waals surface area contributed by atoms with E-state index in [0.29, 0.717) is 5.82 Å². The van der Waals surface area contributed by atoms with E-state index in [1.165, 1.54) is 0 Å². The third-order valence-corrected chi connectivity index (χ3v) is 3.28. The molecule has 19 heavy (non-hydrogen) atoms. The van der Waals surface area contributed by atoms with Crippen LogP contribution in [-0.4, -0.2) is 34.4 Å². The molecule has 2 N–H and O–H groups in total. The molecule has 2 heterocycles. The Bertz CT molecular complexity index is 706. The van der Waals surface area contributed by atoms with Crippen molar-refractivity contribution in [3.8, 4) is 6.07 Å². The van der Waals surface area contributed by atoms with E-state index < -0.39 is 0 Å². The molecule has 1 aliphatic heterocycles. The maximum absolute atomic E-state index is 8.91. The number of aliphatic imine (C=N–C) groups is 1. The number of nitriles is 1. The zero-order chi connectivity index (χ0) is 13.4. The van der Waals surface area contributed by atoms with Gasteiger partial charge in [0.05, 0.1) is 29.8 Å². The molecule has 1 aromatic carbocycles. The summed E-state index contributed by atoms with van der Waals surface area (Å²) in [5, 5.41) is 10.9. The predicted molar refractivity (Wildman–Crippen MR) is 74.0 cm³/mol. The molecule has 0 saturated heterocycles. The van der Waals surface area contributed by atoms with E-state index >= 15 is 0 Å². The van der Waals surface area contributed by atoms with Gasteiger partial charge in [0.15, 0.2) is 0 Å². The lowest BCUT2D eigenvalue weighted by Gasteiger charge is -2.20. The van der Waals surface area contributed by atoms with Crippen molar-refractivity contribution in [3.05, 3.63) is 23.0 Å². The zero-order valence-electron chi connectivity index (χ0n) is 10.9. The summed E-state index contributed by atoms with van der Waals surface area (Å²) in [6, 6.07) is 4.02. The number of imidazole rings is 1. The van der Waals surface area contributed by atoms with E-state index in [4.69, 9.17) is 5.26 Å². The fraction of sp³-hybridized carbons (Fsp3) is 0.308. The van der Waals surface area contributed by atoms with Gasteiger partial charge in [0.1, 0.15) is 12.4 Å². The fourth-order valence-electron chi connectivity index (χ4n) is 2.31. The lowest BCUT2D eigenvalue weighted by molar-refractivity contribution is 0.556. The summed E-state index contributed by atoms with van der Waals surface area (Å²) in [6.07, 6.45) is 1.80. The van der Waals surface area contributed by atoms with Crippen LogP contribution in [0.4, 0.5) is 5.69 Å². The normalized spacial score (nSPS) is 14.1. The van der Waals surface area contributed by atoms with Crippen LogP contribution in [-0.2, 0) is 0 Å². The van der Waals surface area contributed by atoms with Crippen LogP contribution in [0, 0.1) is 25.2 Å². The summed E-state index contributed by atoms with van der Waals surface area (Å²) < 4.78 is 0. The molecule has 1 aliphatic rings. The first-order chi connectivity index (χ1) is 9.19. The topological polar surface area (TPSA) is 80.1 Å². The van der Waals surface area contributed by atoms with Crippen molar-refractivity contribution in [1.82, 2.24) is 15.0 Å². The van der Waals surface area contributed by atoms with Crippen molar-refractivity contribution in [3.63, 3.8) is 0 Å². The summed E-state index contributed by atoms with van der Waals surface area (Å²) in [5.41, 5.74) is 8.27. The molecule has 0 amide bonds. The number of fused-ring (bicyclic) bond motifs is 1. The van der Waals surface area contributed by atoms with Gasteiger partial charge in [-0.2, -0.15) is 5.26 Å². The molecule has 3 rings (SSSR count). The van der Waals surface area contributed by atoms with Crippen molar-refractivity contribution in [2.24, 2.45) is 4.99 Å². The molecule has 0 saturated carbocycles. The van der Waals surface area contributed by atoms with Crippen LogP contribution < -0.4 is 5.43 Å². The van der Waals surface area contributed by atoms with Crippen LogP contribution in [0.1, 0.15) is 17.0 Å². The second kappa shape index (κ2) is 4.28. The minimum Gasteiger partial charge on any atom is -0.329 e. The summed E-state index contributed by atoms with van der Waals surface area (Å²) >= 11 is 0. The number of aromatic amines is 1. The molecule has 96 valence electrons. The highest BCUT2D eigenvalue weighted by atomic mass is 15.5. The number of aromatic nitrogens is 2. The van der Waals surface area contributed by atoms with Crippen LogP contribution >= 0.6 is 0 Å². The molecule has 0 spiro atoms. The summed E-state index contributed by atoms with van der Waals surface area (Å²) in [7, 11) is 0. The molecule has 0 atom stereocenters. The Morgan fingerprint density at radius 1 is 1.47 bits per heavy atom. The Balaban J connectivity index is 2.08. The van der Waals surface area contributed by atoms with Gasteiger partial charge in [-0.3, -0.25) is 15.4 Å². The van der Waals surface area contributed by atoms with Gasteiger partial charge in [-0.15, -0.1) is 0 Å². The molecular formula is C13H14N6. The molecule has 6 heteroatoms. The molecule has 2 aromatic rings. The van der Waals surface area contributed by atoms with E-state index in [1.54, 1.807) is 6.34 Å². The van der Waals surface area contributed by atoms with Gasteiger partial charge in [0, 0.05) is 0 Å². The first-order valence-electron chi connectivity index (χ1n) is 6.12. The van der Waals surface area contributed by atoms with Crippen molar-refractivity contribution in [2.45, 2.75) is 13.8 Å². The van der Waals surface area contributed by atoms with Crippen molar-refractivity contribution >= 4 is 23.1 Å². The number of aryl methyl sites for hydroxylation is 2. The lowest BCUT2D eigenvalue weighted by atomic mass is 10.1. The van der Waals surface area contributed by atoms with Crippen LogP contribution in [0.3, 0.4) is 0 Å². The largest absolute Gasteiger partial charge is 0.329 e. The maximum atomic E-state index is 8.91. The zero-order valence-corrected chi connectivity index (χ0v) is 10.9. The van der Waals surface area contributed by atoms with Gasteiger partial charge < -0.3 is 4.98 Å². The third kappa shape index (κ3) is 1.89. The number of rotatable bonds is 2. The van der Waals surface area contributed by atoms with E-state index in [-0.39, 0.29) is 0 Å². The highest BCUT2D eigenvalue weighted by molar-refractivity contribution is 5.86. The van der Waals surface area contributed by atoms with E-state index in [0.717, 1.165) is 40.9 Å². The quantitative estimate of drug-likeness (QED) is 0.855. The van der Waals surface area contributed by atoms with Crippen molar-refractivity contribution in [2.75, 3.05) is 18.5 Å². The van der Waals surface area contributed by atoms with Crippen LogP contribution in [0.2, 0.25) is 0 Å². The molecule has 0 unspecified atom stereocenters. The molecule has 0 aliphatic carbocycles. The number of hydrogen-bond acceptors (Lipinski definition) is 5. The van der Waals surface area contributed by atoms with E-state index in [2.05, 4.69) is 20.4 Å². The highest BCUT2D eigenvalue weighted by Crippen LogP contribution is 2.28. The van der Waals surface area contributed by atoms with Crippen molar-refractivity contribution < 1.29 is 0 Å². The molecule has 0 fully saturated rings. The average molecular weight is 254 g/mol. The van der Waals surface area contributed by atoms with Gasteiger partial charge in [-0.25, -0.2) is 4.98 Å². The van der Waals surface area contributed by atoms with E-state index in [9.17, 15) is 0 Å². The minimum atomic E-state index is 0.345. The number of H-pyrrole nitrogens is 1. The van der Waals surface area contributed by atoms with Gasteiger partial charge in [0.25, 0.3) is 0 Å². The Kier molecular flexibility index (Phi) is 2.60. The Labute approximate surface area is 110 Å². The number of hydrogen-bond donors (Lipinski definition) is 2. The average Bonchev–Trinajstić information content (AvgIpc) is 3.03. The molecular weight excluding hydrogens is 240 g/mol. The Morgan fingerprint density at radius 2 is 2.32 bits per heavy atom. The molecule has 1 aromatic heterocycles. The summed E-state index contributed by atoms with van der Waals surface area (Å²) in [5.74, 6) is 0.345. The smallest absolute Gasteiger partial charge is 0.211 e. The number of nitrogens with zero attached hydrogens (tertiary/aromatic N) is 4. The summed E-state index contributed by atoms with van der Waals surface area (Å²) in [6.45, 7) is 5.73. The first kappa shape index (κ1) is 11.5. The molecule has 6 nitrogen and oxygen atoms in total. The second-order valence-corrected chi connectivity index (χ2v) is 4.61. The van der Waals surface area contributed by atoms with Crippen LogP contribution in [0.5, 0.6) is 0 Å². The SMILES string of the molecule is Cc1cc2nc(C#N)[nH]c2c(C)c1NN1C=NCC1. The Morgan fingerprint density at radius 3 is 3.00 bits per heavy atom. The van der Waals surface area contributed by atoms with Crippen molar-refractivity contribution in [1.29, 1.82) is 5.26 Å². The van der Waals surface area contributed by atoms with Gasteiger partial charge in [-0.1, -0.05) is 0 Å². The summed E-state index contributed by atoms with van der Waals surface area (Å²) in [4.78, 5) is 11.5. The lowest BCUT2D eigenvalue weighted by Crippen LogP contribution is -2.27. The minimum absolute atomic E-state index is 0.345. The molecule has 0 radical (unpaired) electrons.